The fourth-order valence-corrected chi connectivity index (χ4v) is 4.47. The second-order valence-electron chi connectivity index (χ2n) is 8.92. The van der Waals surface area contributed by atoms with Crippen LogP contribution >= 0.6 is 0 Å². The Hall–Kier alpha value is -3.58. The summed E-state index contributed by atoms with van der Waals surface area (Å²) in [6.07, 6.45) is 3.23. The summed E-state index contributed by atoms with van der Waals surface area (Å²) in [5.74, 6) is -0.236. The van der Waals surface area contributed by atoms with Crippen molar-refractivity contribution in [3.8, 4) is 11.5 Å². The molecule has 2 aromatic rings. The molecule has 7 nitrogen and oxygen atoms in total. The topological polar surface area (TPSA) is 79.3 Å². The predicted octanol–water partition coefficient (Wildman–Crippen LogP) is 5.19. The highest BCUT2D eigenvalue weighted by Gasteiger charge is 2.45. The van der Waals surface area contributed by atoms with Crippen LogP contribution in [-0.2, 0) is 9.59 Å². The number of ether oxygens (including phenoxy) is 2. The first kappa shape index (κ1) is 28.0. The van der Waals surface area contributed by atoms with Crippen molar-refractivity contribution >= 4 is 17.4 Å². The van der Waals surface area contributed by atoms with E-state index in [2.05, 4.69) is 25.3 Å². The van der Waals surface area contributed by atoms with Crippen molar-refractivity contribution in [1.82, 2.24) is 9.80 Å². The van der Waals surface area contributed by atoms with Crippen molar-refractivity contribution in [2.45, 2.75) is 39.7 Å². The zero-order valence-electron chi connectivity index (χ0n) is 22.1. The zero-order chi connectivity index (χ0) is 26.8. The Morgan fingerprint density at radius 1 is 1.05 bits per heavy atom. The largest absolute Gasteiger partial charge is 0.507 e. The summed E-state index contributed by atoms with van der Waals surface area (Å²) in [6.45, 7) is 13.8. The average molecular weight is 507 g/mol. The van der Waals surface area contributed by atoms with Crippen LogP contribution in [0.3, 0.4) is 0 Å². The number of nitrogens with zero attached hydrogens (tertiary/aromatic N) is 2. The molecule has 7 heteroatoms. The first-order valence-electron chi connectivity index (χ1n) is 13.0. The summed E-state index contributed by atoms with van der Waals surface area (Å²) >= 11 is 0. The molecule has 0 spiro atoms. The van der Waals surface area contributed by atoms with Crippen LogP contribution in [0.4, 0.5) is 0 Å². The van der Waals surface area contributed by atoms with Crippen molar-refractivity contribution in [2.75, 3.05) is 39.4 Å². The molecular formula is C30H38N2O5. The third kappa shape index (κ3) is 6.80. The normalized spacial score (nSPS) is 16.9. The molecule has 0 radical (unpaired) electrons. The molecule has 37 heavy (non-hydrogen) atoms. The van der Waals surface area contributed by atoms with Gasteiger partial charge in [0, 0.05) is 12.1 Å². The van der Waals surface area contributed by atoms with Crippen LogP contribution in [-0.4, -0.2) is 66.0 Å². The third-order valence-corrected chi connectivity index (χ3v) is 6.45. The van der Waals surface area contributed by atoms with Gasteiger partial charge < -0.3 is 24.4 Å². The second kappa shape index (κ2) is 13.7. The summed E-state index contributed by atoms with van der Waals surface area (Å²) in [5, 5.41) is 11.3. The van der Waals surface area contributed by atoms with Gasteiger partial charge in [-0.25, -0.2) is 0 Å². The van der Waals surface area contributed by atoms with Crippen molar-refractivity contribution < 1.29 is 24.2 Å². The number of ketones is 1. The molecule has 1 N–H and O–H groups in total. The molecule has 1 atom stereocenters. The van der Waals surface area contributed by atoms with Crippen LogP contribution < -0.4 is 9.47 Å². The van der Waals surface area contributed by atoms with Crippen molar-refractivity contribution in [3.05, 3.63) is 77.9 Å². The van der Waals surface area contributed by atoms with Gasteiger partial charge >= 0.3 is 0 Å². The predicted molar refractivity (Wildman–Crippen MR) is 146 cm³/mol. The van der Waals surface area contributed by atoms with E-state index in [9.17, 15) is 14.7 Å². The van der Waals surface area contributed by atoms with Crippen LogP contribution in [0.2, 0.25) is 0 Å². The van der Waals surface area contributed by atoms with Gasteiger partial charge in [0.05, 0.1) is 18.2 Å². The number of hydrogen-bond donors (Lipinski definition) is 1. The molecule has 1 amide bonds. The lowest BCUT2D eigenvalue weighted by Crippen LogP contribution is -2.33. The third-order valence-electron chi connectivity index (χ3n) is 6.45. The summed E-state index contributed by atoms with van der Waals surface area (Å²) in [4.78, 5) is 30.4. The van der Waals surface area contributed by atoms with Gasteiger partial charge in [0.2, 0.25) is 0 Å². The number of aliphatic hydroxyl groups is 1. The minimum Gasteiger partial charge on any atom is -0.507 e. The van der Waals surface area contributed by atoms with Crippen molar-refractivity contribution in [2.24, 2.45) is 0 Å². The molecule has 1 aliphatic rings. The quantitative estimate of drug-likeness (QED) is 0.164. The smallest absolute Gasteiger partial charge is 0.295 e. The Morgan fingerprint density at radius 3 is 2.43 bits per heavy atom. The van der Waals surface area contributed by atoms with Crippen LogP contribution in [0.5, 0.6) is 11.5 Å². The standard InChI is InChI=1S/C30H38N2O5/c1-5-19-36-24-15-13-22(14-16-24)27-26(28(33)23-11-9-12-25(21-23)37-20-6-2)29(34)30(35)32(27)18-10-17-31(7-3)8-4/h5,9,11-16,21,27,33H,1,6-8,10,17-20H2,2-4H3. The Balaban J connectivity index is 2.01. The van der Waals surface area contributed by atoms with Crippen LogP contribution in [0, 0.1) is 0 Å². The van der Waals surface area contributed by atoms with Gasteiger partial charge in [-0.2, -0.15) is 0 Å². The fraction of sp³-hybridized carbons (Fsp3) is 0.400. The number of benzene rings is 2. The molecule has 1 heterocycles. The van der Waals surface area contributed by atoms with Crippen molar-refractivity contribution in [3.63, 3.8) is 0 Å². The van der Waals surface area contributed by atoms with E-state index in [0.717, 1.165) is 31.6 Å². The van der Waals surface area contributed by atoms with Gasteiger partial charge in [0.15, 0.2) is 0 Å². The van der Waals surface area contributed by atoms with Gasteiger partial charge in [0.25, 0.3) is 11.7 Å². The second-order valence-corrected chi connectivity index (χ2v) is 8.92. The van der Waals surface area contributed by atoms with Crippen LogP contribution in [0.1, 0.15) is 50.8 Å². The molecule has 198 valence electrons. The molecule has 0 bridgehead atoms. The highest BCUT2D eigenvalue weighted by Crippen LogP contribution is 2.40. The van der Waals surface area contributed by atoms with Gasteiger partial charge in [-0.05, 0) is 62.3 Å². The molecule has 1 unspecified atom stereocenters. The number of carbonyl (C=O) groups is 2. The molecule has 2 aromatic carbocycles. The van der Waals surface area contributed by atoms with Gasteiger partial charge in [-0.1, -0.05) is 57.7 Å². The summed E-state index contributed by atoms with van der Waals surface area (Å²) in [7, 11) is 0. The van der Waals surface area contributed by atoms with Crippen molar-refractivity contribution in [1.29, 1.82) is 0 Å². The number of rotatable bonds is 14. The van der Waals surface area contributed by atoms with Gasteiger partial charge in [0.1, 0.15) is 23.9 Å². The lowest BCUT2D eigenvalue weighted by atomic mass is 9.95. The lowest BCUT2D eigenvalue weighted by Gasteiger charge is -2.27. The molecule has 1 saturated heterocycles. The Morgan fingerprint density at radius 2 is 1.78 bits per heavy atom. The van der Waals surface area contributed by atoms with E-state index in [-0.39, 0.29) is 11.3 Å². The maximum Gasteiger partial charge on any atom is 0.295 e. The highest BCUT2D eigenvalue weighted by molar-refractivity contribution is 6.46. The van der Waals surface area contributed by atoms with E-state index in [4.69, 9.17) is 9.47 Å². The summed E-state index contributed by atoms with van der Waals surface area (Å²) in [5.41, 5.74) is 1.25. The Labute approximate surface area is 220 Å². The maximum atomic E-state index is 13.3. The first-order valence-corrected chi connectivity index (χ1v) is 13.0. The van der Waals surface area contributed by atoms with Crippen LogP contribution in [0.25, 0.3) is 5.76 Å². The van der Waals surface area contributed by atoms with Crippen LogP contribution in [0.15, 0.2) is 66.8 Å². The number of Topliss-reactive ketones (excluding diaryl/α,β-unsaturated/α-hetero) is 1. The molecule has 0 aliphatic carbocycles. The maximum absolute atomic E-state index is 13.3. The molecule has 3 rings (SSSR count). The van der Waals surface area contributed by atoms with E-state index < -0.39 is 17.7 Å². The number of likely N-dealkylation sites (tertiary alicyclic amines) is 1. The molecule has 0 saturated carbocycles. The summed E-state index contributed by atoms with van der Waals surface area (Å²) < 4.78 is 11.3. The number of carbonyl (C=O) groups excluding carboxylic acids is 2. The number of hydrogen-bond acceptors (Lipinski definition) is 6. The van der Waals surface area contributed by atoms with E-state index in [0.29, 0.717) is 43.2 Å². The minimum absolute atomic E-state index is 0.0836. The van der Waals surface area contributed by atoms with E-state index in [1.807, 2.05) is 19.1 Å². The number of aliphatic hydroxyl groups excluding tert-OH is 1. The molecule has 1 aliphatic heterocycles. The first-order chi connectivity index (χ1) is 17.9. The minimum atomic E-state index is -0.703. The van der Waals surface area contributed by atoms with Gasteiger partial charge in [-0.3, -0.25) is 9.59 Å². The Kier molecular flexibility index (Phi) is 10.3. The SMILES string of the molecule is C=CCOc1ccc(C2C(=C(O)c3cccc(OCCC)c3)C(=O)C(=O)N2CCCN(CC)CC)cc1. The van der Waals surface area contributed by atoms with E-state index in [1.165, 1.54) is 0 Å². The van der Waals surface area contributed by atoms with Gasteiger partial charge in [-0.15, -0.1) is 0 Å². The van der Waals surface area contributed by atoms with E-state index >= 15 is 0 Å². The molecular weight excluding hydrogens is 468 g/mol. The fourth-order valence-electron chi connectivity index (χ4n) is 4.47. The average Bonchev–Trinajstić information content (AvgIpc) is 3.18. The molecule has 0 aromatic heterocycles. The number of amides is 1. The Bertz CT molecular complexity index is 1110. The highest BCUT2D eigenvalue weighted by atomic mass is 16.5. The summed E-state index contributed by atoms with van der Waals surface area (Å²) in [6, 6.07) is 13.5. The monoisotopic (exact) mass is 506 g/mol. The zero-order valence-corrected chi connectivity index (χ0v) is 22.1. The lowest BCUT2D eigenvalue weighted by molar-refractivity contribution is -0.140. The van der Waals surface area contributed by atoms with E-state index in [1.54, 1.807) is 47.4 Å². The molecule has 1 fully saturated rings.